The van der Waals surface area contributed by atoms with E-state index < -0.39 is 0 Å². The Morgan fingerprint density at radius 2 is 2.15 bits per heavy atom. The first kappa shape index (κ1) is 15.3. The molecule has 20 heavy (non-hydrogen) atoms. The second-order valence-electron chi connectivity index (χ2n) is 5.57. The molecule has 2 atom stereocenters. The van der Waals surface area contributed by atoms with Gasteiger partial charge in [0.25, 0.3) is 0 Å². The molecule has 0 aliphatic carbocycles. The largest absolute Gasteiger partial charge is 0.351 e. The first-order valence-corrected chi connectivity index (χ1v) is 7.41. The van der Waals surface area contributed by atoms with Crippen LogP contribution in [0.5, 0.6) is 0 Å². The minimum absolute atomic E-state index is 0.0580. The number of benzene rings is 1. The maximum Gasteiger partial charge on any atom is 0.234 e. The van der Waals surface area contributed by atoms with Crippen LogP contribution < -0.4 is 11.1 Å². The second-order valence-corrected chi connectivity index (χ2v) is 6.00. The molecule has 1 aromatic rings. The number of likely N-dealkylation sites (tertiary alicyclic amines) is 1. The standard InChI is InChI=1S/C15H22ClN3O/c1-11-9-19(7-6-14(11)17)10-15(20)18-8-12-2-4-13(16)5-3-12/h2-5,11,14H,6-10,17H2,1H3,(H,18,20). The number of halogens is 1. The topological polar surface area (TPSA) is 58.4 Å². The highest BCUT2D eigenvalue weighted by Crippen LogP contribution is 2.14. The van der Waals surface area contributed by atoms with Gasteiger partial charge in [-0.15, -0.1) is 0 Å². The first-order chi connectivity index (χ1) is 9.54. The van der Waals surface area contributed by atoms with Gasteiger partial charge < -0.3 is 11.1 Å². The van der Waals surface area contributed by atoms with E-state index in [4.69, 9.17) is 17.3 Å². The predicted molar refractivity (Wildman–Crippen MR) is 81.5 cm³/mol. The fraction of sp³-hybridized carbons (Fsp3) is 0.533. The highest BCUT2D eigenvalue weighted by atomic mass is 35.5. The Hall–Kier alpha value is -1.10. The van der Waals surface area contributed by atoms with Gasteiger partial charge in [-0.05, 0) is 30.0 Å². The molecule has 3 N–H and O–H groups in total. The zero-order valence-electron chi connectivity index (χ0n) is 11.8. The van der Waals surface area contributed by atoms with Crippen LogP contribution >= 0.6 is 11.6 Å². The van der Waals surface area contributed by atoms with Crippen molar-refractivity contribution in [3.05, 3.63) is 34.9 Å². The molecule has 1 aliphatic heterocycles. The van der Waals surface area contributed by atoms with Crippen LogP contribution in [0.1, 0.15) is 18.9 Å². The van der Waals surface area contributed by atoms with Gasteiger partial charge in [0, 0.05) is 30.7 Å². The van der Waals surface area contributed by atoms with Gasteiger partial charge in [0.05, 0.1) is 6.54 Å². The van der Waals surface area contributed by atoms with Crippen LogP contribution in [0.25, 0.3) is 0 Å². The van der Waals surface area contributed by atoms with Crippen molar-refractivity contribution in [1.82, 2.24) is 10.2 Å². The molecular formula is C15H22ClN3O. The number of carbonyl (C=O) groups excluding carboxylic acids is 1. The Bertz CT molecular complexity index is 449. The van der Waals surface area contributed by atoms with Crippen molar-refractivity contribution >= 4 is 17.5 Å². The second kappa shape index (κ2) is 7.07. The number of rotatable bonds is 4. The average Bonchev–Trinajstić information content (AvgIpc) is 2.42. The maximum absolute atomic E-state index is 11.9. The lowest BCUT2D eigenvalue weighted by Crippen LogP contribution is -2.48. The molecule has 2 rings (SSSR count). The molecule has 1 aliphatic rings. The van der Waals surface area contributed by atoms with Gasteiger partial charge in [0.2, 0.25) is 5.91 Å². The molecule has 110 valence electrons. The van der Waals surface area contributed by atoms with Crippen LogP contribution in [0.15, 0.2) is 24.3 Å². The molecule has 1 fully saturated rings. The lowest BCUT2D eigenvalue weighted by molar-refractivity contribution is -0.122. The normalized spacial score (nSPS) is 23.6. The molecule has 4 nitrogen and oxygen atoms in total. The molecule has 5 heteroatoms. The Morgan fingerprint density at radius 1 is 1.45 bits per heavy atom. The molecule has 1 saturated heterocycles. The van der Waals surface area contributed by atoms with E-state index in [9.17, 15) is 4.79 Å². The zero-order chi connectivity index (χ0) is 14.5. The zero-order valence-corrected chi connectivity index (χ0v) is 12.6. The van der Waals surface area contributed by atoms with E-state index in [1.165, 1.54) is 0 Å². The fourth-order valence-electron chi connectivity index (χ4n) is 2.46. The minimum atomic E-state index is 0.0580. The number of amides is 1. The number of piperidine rings is 1. The van der Waals surface area contributed by atoms with Crippen LogP contribution in [0, 0.1) is 5.92 Å². The molecule has 0 spiro atoms. The number of carbonyl (C=O) groups is 1. The van der Waals surface area contributed by atoms with Crippen LogP contribution in [0.4, 0.5) is 0 Å². The number of hydrogen-bond acceptors (Lipinski definition) is 3. The maximum atomic E-state index is 11.9. The van der Waals surface area contributed by atoms with Crippen LogP contribution in [-0.2, 0) is 11.3 Å². The molecule has 1 amide bonds. The van der Waals surface area contributed by atoms with E-state index >= 15 is 0 Å². The number of hydrogen-bond donors (Lipinski definition) is 2. The summed E-state index contributed by atoms with van der Waals surface area (Å²) in [6.45, 7) is 4.93. The third kappa shape index (κ3) is 4.47. The molecule has 0 saturated carbocycles. The van der Waals surface area contributed by atoms with Gasteiger partial charge in [-0.1, -0.05) is 30.7 Å². The van der Waals surface area contributed by atoms with Crippen molar-refractivity contribution < 1.29 is 4.79 Å². The monoisotopic (exact) mass is 295 g/mol. The van der Waals surface area contributed by atoms with E-state index in [2.05, 4.69) is 17.1 Å². The smallest absolute Gasteiger partial charge is 0.234 e. The summed E-state index contributed by atoms with van der Waals surface area (Å²) in [4.78, 5) is 14.1. The SMILES string of the molecule is CC1CN(CC(=O)NCc2ccc(Cl)cc2)CCC1N. The summed E-state index contributed by atoms with van der Waals surface area (Å²) in [6.07, 6.45) is 0.964. The third-order valence-electron chi connectivity index (χ3n) is 3.83. The van der Waals surface area contributed by atoms with Crippen molar-refractivity contribution in [1.29, 1.82) is 0 Å². The summed E-state index contributed by atoms with van der Waals surface area (Å²) in [5, 5.41) is 3.64. The molecule has 1 aromatic carbocycles. The van der Waals surface area contributed by atoms with Gasteiger partial charge in [0.1, 0.15) is 0 Å². The van der Waals surface area contributed by atoms with Crippen LogP contribution in [-0.4, -0.2) is 36.5 Å². The summed E-state index contributed by atoms with van der Waals surface area (Å²) in [6, 6.07) is 7.77. The van der Waals surface area contributed by atoms with Crippen molar-refractivity contribution in [3.8, 4) is 0 Å². The van der Waals surface area contributed by atoms with E-state index in [1.54, 1.807) is 0 Å². The number of nitrogens with two attached hydrogens (primary N) is 1. The van der Waals surface area contributed by atoms with E-state index in [1.807, 2.05) is 24.3 Å². The van der Waals surface area contributed by atoms with E-state index in [0.717, 1.165) is 25.1 Å². The van der Waals surface area contributed by atoms with Crippen molar-refractivity contribution in [2.24, 2.45) is 11.7 Å². The van der Waals surface area contributed by atoms with E-state index in [0.29, 0.717) is 24.0 Å². The molecule has 0 radical (unpaired) electrons. The molecule has 0 aromatic heterocycles. The fourth-order valence-corrected chi connectivity index (χ4v) is 2.58. The Kier molecular flexibility index (Phi) is 5.40. The quantitative estimate of drug-likeness (QED) is 0.887. The summed E-state index contributed by atoms with van der Waals surface area (Å²) in [5.74, 6) is 0.510. The lowest BCUT2D eigenvalue weighted by Gasteiger charge is -2.34. The van der Waals surface area contributed by atoms with Gasteiger partial charge in [0.15, 0.2) is 0 Å². The number of nitrogens with one attached hydrogen (secondary N) is 1. The van der Waals surface area contributed by atoms with Crippen molar-refractivity contribution in [2.75, 3.05) is 19.6 Å². The van der Waals surface area contributed by atoms with Crippen molar-refractivity contribution in [3.63, 3.8) is 0 Å². The molecule has 0 bridgehead atoms. The molecular weight excluding hydrogens is 274 g/mol. The summed E-state index contributed by atoms with van der Waals surface area (Å²) in [5.41, 5.74) is 7.03. The molecule has 1 heterocycles. The van der Waals surface area contributed by atoms with Gasteiger partial charge >= 0.3 is 0 Å². The third-order valence-corrected chi connectivity index (χ3v) is 4.08. The first-order valence-electron chi connectivity index (χ1n) is 7.03. The average molecular weight is 296 g/mol. The summed E-state index contributed by atoms with van der Waals surface area (Å²) >= 11 is 5.82. The van der Waals surface area contributed by atoms with Gasteiger partial charge in [-0.2, -0.15) is 0 Å². The highest BCUT2D eigenvalue weighted by molar-refractivity contribution is 6.30. The van der Waals surface area contributed by atoms with Crippen LogP contribution in [0.2, 0.25) is 5.02 Å². The summed E-state index contributed by atoms with van der Waals surface area (Å²) in [7, 11) is 0. The summed E-state index contributed by atoms with van der Waals surface area (Å²) < 4.78 is 0. The predicted octanol–water partition coefficient (Wildman–Crippen LogP) is 1.63. The van der Waals surface area contributed by atoms with Gasteiger partial charge in [-0.3, -0.25) is 9.69 Å². The minimum Gasteiger partial charge on any atom is -0.351 e. The lowest BCUT2D eigenvalue weighted by atomic mass is 9.95. The van der Waals surface area contributed by atoms with E-state index in [-0.39, 0.29) is 11.9 Å². The van der Waals surface area contributed by atoms with Gasteiger partial charge in [-0.25, -0.2) is 0 Å². The van der Waals surface area contributed by atoms with Crippen LogP contribution in [0.3, 0.4) is 0 Å². The number of nitrogens with zero attached hydrogens (tertiary/aromatic N) is 1. The Labute approximate surface area is 125 Å². The van der Waals surface area contributed by atoms with Crippen molar-refractivity contribution in [2.45, 2.75) is 25.9 Å². The molecule has 2 unspecified atom stereocenters. The Morgan fingerprint density at radius 3 is 2.80 bits per heavy atom. The highest BCUT2D eigenvalue weighted by Gasteiger charge is 2.24. The Balaban J connectivity index is 1.74.